The smallest absolute Gasteiger partial charge is 0.255 e. The molecule has 1 spiro atoms. The van der Waals surface area contributed by atoms with Crippen LogP contribution in [0, 0.1) is 0 Å². The first kappa shape index (κ1) is 14.2. The van der Waals surface area contributed by atoms with Gasteiger partial charge in [0.2, 0.25) is 0 Å². The Morgan fingerprint density at radius 1 is 1.41 bits per heavy atom. The van der Waals surface area contributed by atoms with Gasteiger partial charge in [-0.3, -0.25) is 14.7 Å². The number of carbonyl (C=O) groups is 1. The number of aromatic nitrogens is 1. The molecule has 0 aromatic carbocycles. The highest BCUT2D eigenvalue weighted by Crippen LogP contribution is 2.41. The average Bonchev–Trinajstić information content (AvgIpc) is 3.29. The van der Waals surface area contributed by atoms with E-state index in [1.165, 1.54) is 0 Å². The summed E-state index contributed by atoms with van der Waals surface area (Å²) in [5.41, 5.74) is 1.82. The van der Waals surface area contributed by atoms with Crippen molar-refractivity contribution < 1.29 is 9.53 Å². The maximum atomic E-state index is 13.0. The van der Waals surface area contributed by atoms with Crippen LogP contribution >= 0.6 is 0 Å². The Morgan fingerprint density at radius 2 is 2.27 bits per heavy atom. The lowest BCUT2D eigenvalue weighted by molar-refractivity contribution is 0.00918. The van der Waals surface area contributed by atoms with Gasteiger partial charge in [-0.2, -0.15) is 0 Å². The molecule has 1 amide bonds. The van der Waals surface area contributed by atoms with Crippen LogP contribution < -0.4 is 0 Å². The number of nitrogens with zero attached hydrogens (tertiary/aromatic N) is 3. The molecule has 1 aromatic heterocycles. The molecule has 118 valence electrons. The molecule has 0 bridgehead atoms. The Kier molecular flexibility index (Phi) is 3.42. The van der Waals surface area contributed by atoms with Crippen LogP contribution in [0.2, 0.25) is 0 Å². The number of likely N-dealkylation sites (N-methyl/N-ethyl adjacent to an activating group) is 1. The lowest BCUT2D eigenvalue weighted by Gasteiger charge is -2.46. The number of ether oxygens (including phenoxy) is 1. The van der Waals surface area contributed by atoms with Crippen molar-refractivity contribution in [3.63, 3.8) is 0 Å². The van der Waals surface area contributed by atoms with Gasteiger partial charge in [0.25, 0.3) is 5.91 Å². The van der Waals surface area contributed by atoms with Crippen molar-refractivity contribution in [2.75, 3.05) is 39.9 Å². The first-order valence-electron chi connectivity index (χ1n) is 8.23. The largest absolute Gasteiger partial charge is 0.379 e. The fourth-order valence-electron chi connectivity index (χ4n) is 3.71. The third-order valence-electron chi connectivity index (χ3n) is 5.40. The molecule has 5 heteroatoms. The van der Waals surface area contributed by atoms with Gasteiger partial charge in [0.05, 0.1) is 23.4 Å². The Hall–Kier alpha value is -1.46. The summed E-state index contributed by atoms with van der Waals surface area (Å²) >= 11 is 0. The van der Waals surface area contributed by atoms with Crippen LogP contribution in [0.25, 0.3) is 0 Å². The van der Waals surface area contributed by atoms with Gasteiger partial charge < -0.3 is 9.64 Å². The molecule has 1 atom stereocenters. The van der Waals surface area contributed by atoms with Gasteiger partial charge in [-0.05, 0) is 38.4 Å². The average molecular weight is 301 g/mol. The van der Waals surface area contributed by atoms with Crippen LogP contribution in [0.1, 0.15) is 41.2 Å². The van der Waals surface area contributed by atoms with Crippen molar-refractivity contribution in [1.82, 2.24) is 14.8 Å². The van der Waals surface area contributed by atoms with Gasteiger partial charge in [0, 0.05) is 38.4 Å². The number of hydrogen-bond acceptors (Lipinski definition) is 4. The zero-order valence-electron chi connectivity index (χ0n) is 13.1. The SMILES string of the molecule is CN1CCN(C(=O)c2cccnc2C2CC2)CC12CCOC2. The maximum absolute atomic E-state index is 13.0. The standard InChI is InChI=1S/C17H23N3O2/c1-19-8-9-20(11-17(19)6-10-22-12-17)16(21)14-3-2-7-18-15(14)13-4-5-13/h2-3,7,13H,4-6,8-12H2,1H3. The number of amides is 1. The third-order valence-corrected chi connectivity index (χ3v) is 5.40. The lowest BCUT2D eigenvalue weighted by atomic mass is 9.93. The Morgan fingerprint density at radius 3 is 3.00 bits per heavy atom. The summed E-state index contributed by atoms with van der Waals surface area (Å²) < 4.78 is 5.62. The van der Waals surface area contributed by atoms with E-state index in [4.69, 9.17) is 4.74 Å². The van der Waals surface area contributed by atoms with Crippen molar-refractivity contribution in [3.05, 3.63) is 29.6 Å². The number of hydrogen-bond donors (Lipinski definition) is 0. The van der Waals surface area contributed by atoms with Crippen molar-refractivity contribution >= 4 is 5.91 Å². The van der Waals surface area contributed by atoms with Crippen LogP contribution in [0.3, 0.4) is 0 Å². The van der Waals surface area contributed by atoms with Crippen LogP contribution in [0.15, 0.2) is 18.3 Å². The highest BCUT2D eigenvalue weighted by atomic mass is 16.5. The molecule has 22 heavy (non-hydrogen) atoms. The van der Waals surface area contributed by atoms with E-state index in [0.29, 0.717) is 5.92 Å². The molecule has 5 nitrogen and oxygen atoms in total. The van der Waals surface area contributed by atoms with E-state index in [9.17, 15) is 4.79 Å². The minimum absolute atomic E-state index is 0.00978. The number of rotatable bonds is 2. The molecule has 0 N–H and O–H groups in total. The number of pyridine rings is 1. The quantitative estimate of drug-likeness (QED) is 0.830. The molecule has 3 aliphatic rings. The molecule has 3 fully saturated rings. The van der Waals surface area contributed by atoms with E-state index >= 15 is 0 Å². The Balaban J connectivity index is 1.58. The molecule has 2 aliphatic heterocycles. The molecule has 1 aliphatic carbocycles. The monoisotopic (exact) mass is 301 g/mol. The summed E-state index contributed by atoms with van der Waals surface area (Å²) in [6.07, 6.45) is 5.14. The van der Waals surface area contributed by atoms with E-state index in [2.05, 4.69) is 16.9 Å². The van der Waals surface area contributed by atoms with Gasteiger partial charge in [0.15, 0.2) is 0 Å². The van der Waals surface area contributed by atoms with Gasteiger partial charge in [0.1, 0.15) is 0 Å². The molecule has 2 saturated heterocycles. The first-order chi connectivity index (χ1) is 10.7. The Bertz CT molecular complexity index is 579. The number of carbonyl (C=O) groups excluding carboxylic acids is 1. The molecule has 4 rings (SSSR count). The number of piperazine rings is 1. The van der Waals surface area contributed by atoms with Crippen molar-refractivity contribution in [2.24, 2.45) is 0 Å². The van der Waals surface area contributed by atoms with Crippen LogP contribution in [0.4, 0.5) is 0 Å². The van der Waals surface area contributed by atoms with Crippen molar-refractivity contribution in [3.8, 4) is 0 Å². The molecular weight excluding hydrogens is 278 g/mol. The normalized spacial score (nSPS) is 29.2. The minimum Gasteiger partial charge on any atom is -0.379 e. The fraction of sp³-hybridized carbons (Fsp3) is 0.647. The molecule has 1 saturated carbocycles. The third kappa shape index (κ3) is 2.32. The lowest BCUT2D eigenvalue weighted by Crippen LogP contribution is -2.62. The van der Waals surface area contributed by atoms with Crippen molar-refractivity contribution in [2.45, 2.75) is 30.7 Å². The Labute approximate surface area is 131 Å². The van der Waals surface area contributed by atoms with Gasteiger partial charge in [-0.25, -0.2) is 0 Å². The zero-order valence-corrected chi connectivity index (χ0v) is 13.1. The van der Waals surface area contributed by atoms with Crippen LogP contribution in [0.5, 0.6) is 0 Å². The molecular formula is C17H23N3O2. The fourth-order valence-corrected chi connectivity index (χ4v) is 3.71. The highest BCUT2D eigenvalue weighted by molar-refractivity contribution is 5.95. The van der Waals surface area contributed by atoms with E-state index < -0.39 is 0 Å². The second kappa shape index (κ2) is 5.32. The predicted octanol–water partition coefficient (Wildman–Crippen LogP) is 1.51. The van der Waals surface area contributed by atoms with Crippen molar-refractivity contribution in [1.29, 1.82) is 0 Å². The van der Waals surface area contributed by atoms with E-state index in [1.54, 1.807) is 6.20 Å². The highest BCUT2D eigenvalue weighted by Gasteiger charge is 2.44. The first-order valence-corrected chi connectivity index (χ1v) is 8.23. The summed E-state index contributed by atoms with van der Waals surface area (Å²) in [6, 6.07) is 3.82. The maximum Gasteiger partial charge on any atom is 0.255 e. The summed E-state index contributed by atoms with van der Waals surface area (Å²) in [5, 5.41) is 0. The molecule has 1 aromatic rings. The second-order valence-electron chi connectivity index (χ2n) is 6.89. The summed E-state index contributed by atoms with van der Waals surface area (Å²) in [7, 11) is 2.15. The van der Waals surface area contributed by atoms with E-state index in [1.807, 2.05) is 17.0 Å². The minimum atomic E-state index is 0.00978. The van der Waals surface area contributed by atoms with Crippen LogP contribution in [-0.2, 0) is 4.74 Å². The summed E-state index contributed by atoms with van der Waals surface area (Å²) in [4.78, 5) is 21.9. The van der Waals surface area contributed by atoms with E-state index in [0.717, 1.165) is 63.4 Å². The predicted molar refractivity (Wildman–Crippen MR) is 82.9 cm³/mol. The topological polar surface area (TPSA) is 45.7 Å². The van der Waals surface area contributed by atoms with Gasteiger partial charge in [-0.15, -0.1) is 0 Å². The van der Waals surface area contributed by atoms with Gasteiger partial charge in [-0.1, -0.05) is 0 Å². The zero-order chi connectivity index (χ0) is 15.2. The van der Waals surface area contributed by atoms with Crippen LogP contribution in [-0.4, -0.2) is 66.1 Å². The second-order valence-corrected chi connectivity index (χ2v) is 6.89. The summed E-state index contributed by atoms with van der Waals surface area (Å²) in [5.74, 6) is 0.644. The molecule has 0 radical (unpaired) electrons. The summed E-state index contributed by atoms with van der Waals surface area (Å²) in [6.45, 7) is 3.99. The molecule has 3 heterocycles. The van der Waals surface area contributed by atoms with E-state index in [-0.39, 0.29) is 11.4 Å². The molecule has 1 unspecified atom stereocenters. The van der Waals surface area contributed by atoms with Gasteiger partial charge >= 0.3 is 0 Å².